The average molecular weight is 292 g/mol. The van der Waals surface area contributed by atoms with Crippen LogP contribution in [0.25, 0.3) is 0 Å². The lowest BCUT2D eigenvalue weighted by Crippen LogP contribution is -2.26. The Bertz CT molecular complexity index is 648. The van der Waals surface area contributed by atoms with Crippen LogP contribution in [0.15, 0.2) is 65.8 Å². The van der Waals surface area contributed by atoms with Crippen molar-refractivity contribution in [1.82, 2.24) is 5.43 Å². The molecule has 1 fully saturated rings. The monoisotopic (exact) mass is 292 g/mol. The molecule has 1 aliphatic rings. The van der Waals surface area contributed by atoms with Crippen molar-refractivity contribution in [2.45, 2.75) is 25.7 Å². The Morgan fingerprint density at radius 1 is 1.00 bits per heavy atom. The van der Waals surface area contributed by atoms with E-state index in [-0.39, 0.29) is 17.2 Å². The van der Waals surface area contributed by atoms with Crippen LogP contribution in [0, 0.1) is 5.92 Å². The van der Waals surface area contributed by atoms with Crippen LogP contribution in [0.4, 0.5) is 0 Å². The second-order valence-corrected chi connectivity index (χ2v) is 6.00. The minimum absolute atomic E-state index is 0.00564. The zero-order valence-electron chi connectivity index (χ0n) is 12.9. The predicted octanol–water partition coefficient (Wildman–Crippen LogP) is 3.50. The van der Waals surface area contributed by atoms with E-state index >= 15 is 0 Å². The van der Waals surface area contributed by atoms with Gasteiger partial charge in [0.25, 0.3) is 0 Å². The third kappa shape index (κ3) is 2.54. The molecule has 0 radical (unpaired) electrons. The smallest absolute Gasteiger partial charge is 0.244 e. The summed E-state index contributed by atoms with van der Waals surface area (Å²) in [5.41, 5.74) is 5.70. The standard InChI is InChI=1S/C19H20N2O/c1-14(2)20-21-18(22)17-13-19(17,15-9-5-3-6-10-15)16-11-7-4-8-12-16/h3-12,17H,13H2,1-2H3,(H,21,22)/t17-/m1/s1. The SMILES string of the molecule is CC(C)=NNC(=O)[C@H]1CC1(c1ccccc1)c1ccccc1. The fraction of sp³-hybridized carbons (Fsp3) is 0.263. The van der Waals surface area contributed by atoms with Crippen molar-refractivity contribution in [3.8, 4) is 0 Å². The van der Waals surface area contributed by atoms with Crippen molar-refractivity contribution < 1.29 is 4.79 Å². The van der Waals surface area contributed by atoms with E-state index in [9.17, 15) is 4.79 Å². The van der Waals surface area contributed by atoms with Crippen molar-refractivity contribution in [3.63, 3.8) is 0 Å². The third-order valence-electron chi connectivity index (χ3n) is 4.24. The van der Waals surface area contributed by atoms with Crippen LogP contribution in [0.3, 0.4) is 0 Å². The molecule has 0 bridgehead atoms. The normalized spacial score (nSPS) is 18.4. The molecule has 112 valence electrons. The van der Waals surface area contributed by atoms with E-state index in [1.165, 1.54) is 11.1 Å². The molecule has 2 aromatic rings. The quantitative estimate of drug-likeness (QED) is 0.680. The van der Waals surface area contributed by atoms with Gasteiger partial charge in [-0.1, -0.05) is 60.7 Å². The third-order valence-corrected chi connectivity index (χ3v) is 4.24. The van der Waals surface area contributed by atoms with Gasteiger partial charge in [-0.15, -0.1) is 0 Å². The highest BCUT2D eigenvalue weighted by molar-refractivity contribution is 5.87. The van der Waals surface area contributed by atoms with Crippen LogP contribution >= 0.6 is 0 Å². The molecule has 1 atom stereocenters. The summed E-state index contributed by atoms with van der Waals surface area (Å²) in [5, 5.41) is 4.06. The number of benzene rings is 2. The molecular weight excluding hydrogens is 272 g/mol. The molecule has 0 saturated heterocycles. The first kappa shape index (κ1) is 14.5. The van der Waals surface area contributed by atoms with Gasteiger partial charge >= 0.3 is 0 Å². The summed E-state index contributed by atoms with van der Waals surface area (Å²) < 4.78 is 0. The lowest BCUT2D eigenvalue weighted by atomic mass is 9.85. The van der Waals surface area contributed by atoms with Gasteiger partial charge in [0, 0.05) is 11.1 Å². The Morgan fingerprint density at radius 3 is 1.95 bits per heavy atom. The number of carbonyl (C=O) groups is 1. The number of hydrogen-bond acceptors (Lipinski definition) is 2. The van der Waals surface area contributed by atoms with Gasteiger partial charge in [0.1, 0.15) is 0 Å². The van der Waals surface area contributed by atoms with Crippen molar-refractivity contribution in [3.05, 3.63) is 71.8 Å². The molecule has 3 heteroatoms. The molecule has 1 amide bonds. The highest BCUT2D eigenvalue weighted by Gasteiger charge is 2.60. The summed E-state index contributed by atoms with van der Waals surface area (Å²) in [6, 6.07) is 20.5. The zero-order chi connectivity index (χ0) is 15.6. The van der Waals surface area contributed by atoms with Crippen LogP contribution in [-0.2, 0) is 10.2 Å². The van der Waals surface area contributed by atoms with Gasteiger partial charge in [-0.25, -0.2) is 5.43 Å². The fourth-order valence-electron chi connectivity index (χ4n) is 3.10. The number of nitrogens with zero attached hydrogens (tertiary/aromatic N) is 1. The summed E-state index contributed by atoms with van der Waals surface area (Å²) in [6.45, 7) is 3.74. The first-order valence-corrected chi connectivity index (χ1v) is 7.56. The molecule has 2 aromatic carbocycles. The largest absolute Gasteiger partial charge is 0.273 e. The molecule has 1 saturated carbocycles. The average Bonchev–Trinajstić information content (AvgIpc) is 3.31. The predicted molar refractivity (Wildman–Crippen MR) is 88.7 cm³/mol. The van der Waals surface area contributed by atoms with Crippen LogP contribution in [0.5, 0.6) is 0 Å². The van der Waals surface area contributed by atoms with E-state index < -0.39 is 0 Å². The summed E-state index contributed by atoms with van der Waals surface area (Å²) in [4.78, 5) is 12.5. The van der Waals surface area contributed by atoms with E-state index in [0.29, 0.717) is 0 Å². The van der Waals surface area contributed by atoms with Crippen LogP contribution < -0.4 is 5.43 Å². The van der Waals surface area contributed by atoms with Gasteiger partial charge in [0.2, 0.25) is 5.91 Å². The number of rotatable bonds is 4. The van der Waals surface area contributed by atoms with Gasteiger partial charge in [0.15, 0.2) is 0 Å². The molecule has 0 spiro atoms. The molecule has 3 rings (SSSR count). The fourth-order valence-corrected chi connectivity index (χ4v) is 3.10. The Balaban J connectivity index is 1.95. The molecule has 0 aliphatic heterocycles. The summed E-state index contributed by atoms with van der Waals surface area (Å²) in [6.07, 6.45) is 0.825. The summed E-state index contributed by atoms with van der Waals surface area (Å²) >= 11 is 0. The maximum atomic E-state index is 12.5. The lowest BCUT2D eigenvalue weighted by molar-refractivity contribution is -0.122. The molecule has 0 aromatic heterocycles. The Kier molecular flexibility index (Phi) is 3.80. The van der Waals surface area contributed by atoms with Gasteiger partial charge in [0.05, 0.1) is 5.92 Å². The summed E-state index contributed by atoms with van der Waals surface area (Å²) in [7, 11) is 0. The molecule has 1 aliphatic carbocycles. The van der Waals surface area contributed by atoms with Gasteiger partial charge in [-0.3, -0.25) is 4.79 Å². The summed E-state index contributed by atoms with van der Waals surface area (Å²) in [5.74, 6) is -0.0747. The second kappa shape index (κ2) is 5.76. The van der Waals surface area contributed by atoms with E-state index in [1.807, 2.05) is 50.2 Å². The molecule has 22 heavy (non-hydrogen) atoms. The highest BCUT2D eigenvalue weighted by atomic mass is 16.2. The van der Waals surface area contributed by atoms with E-state index in [0.717, 1.165) is 12.1 Å². The van der Waals surface area contributed by atoms with Crippen molar-refractivity contribution in [2.24, 2.45) is 11.0 Å². The Morgan fingerprint density at radius 2 is 1.50 bits per heavy atom. The maximum Gasteiger partial charge on any atom is 0.244 e. The Hall–Kier alpha value is -2.42. The van der Waals surface area contributed by atoms with E-state index in [4.69, 9.17) is 0 Å². The van der Waals surface area contributed by atoms with Crippen molar-refractivity contribution in [2.75, 3.05) is 0 Å². The van der Waals surface area contributed by atoms with E-state index in [1.54, 1.807) is 0 Å². The van der Waals surface area contributed by atoms with Crippen molar-refractivity contribution in [1.29, 1.82) is 0 Å². The molecule has 1 N–H and O–H groups in total. The number of hydrogen-bond donors (Lipinski definition) is 1. The first-order valence-electron chi connectivity index (χ1n) is 7.56. The lowest BCUT2D eigenvalue weighted by Gasteiger charge is -2.18. The highest BCUT2D eigenvalue weighted by Crippen LogP contribution is 2.58. The molecular formula is C19H20N2O. The van der Waals surface area contributed by atoms with Crippen molar-refractivity contribution >= 4 is 11.6 Å². The van der Waals surface area contributed by atoms with Crippen LogP contribution in [0.2, 0.25) is 0 Å². The maximum absolute atomic E-state index is 12.5. The first-order chi connectivity index (χ1) is 10.6. The zero-order valence-corrected chi connectivity index (χ0v) is 12.9. The molecule has 3 nitrogen and oxygen atoms in total. The van der Waals surface area contributed by atoms with E-state index in [2.05, 4.69) is 34.8 Å². The van der Waals surface area contributed by atoms with Gasteiger partial charge in [-0.2, -0.15) is 5.10 Å². The minimum Gasteiger partial charge on any atom is -0.273 e. The number of amides is 1. The van der Waals surface area contributed by atoms with Gasteiger partial charge < -0.3 is 0 Å². The number of nitrogens with one attached hydrogen (secondary N) is 1. The Labute approximate surface area is 131 Å². The van der Waals surface area contributed by atoms with Gasteiger partial charge in [-0.05, 0) is 31.4 Å². The minimum atomic E-state index is -0.218. The topological polar surface area (TPSA) is 41.5 Å². The number of hydrazone groups is 1. The molecule has 0 heterocycles. The second-order valence-electron chi connectivity index (χ2n) is 6.00. The number of carbonyl (C=O) groups excluding carboxylic acids is 1. The van der Waals surface area contributed by atoms with Crippen LogP contribution in [0.1, 0.15) is 31.4 Å². The molecule has 0 unspecified atom stereocenters. The van der Waals surface area contributed by atoms with Crippen LogP contribution in [-0.4, -0.2) is 11.6 Å².